The zero-order valence-electron chi connectivity index (χ0n) is 11.2. The van der Waals surface area contributed by atoms with E-state index in [0.717, 1.165) is 12.1 Å². The number of ether oxygens (including phenoxy) is 2. The number of hydrogen-bond acceptors (Lipinski definition) is 6. The number of aromatic nitrogens is 2. The normalized spacial score (nSPS) is 11.5. The Bertz CT molecular complexity index is 640. The van der Waals surface area contributed by atoms with Gasteiger partial charge in [0.15, 0.2) is 11.5 Å². The molecule has 0 fully saturated rings. The van der Waals surface area contributed by atoms with Gasteiger partial charge in [-0.3, -0.25) is 0 Å². The largest absolute Gasteiger partial charge is 0.493 e. The van der Waals surface area contributed by atoms with Gasteiger partial charge in [-0.25, -0.2) is 0 Å². The SMILES string of the molecule is COc1ccc(C(F)(F)F)c(-c2noc(CN)n2)c1OC. The highest BCUT2D eigenvalue weighted by Crippen LogP contribution is 2.45. The summed E-state index contributed by atoms with van der Waals surface area (Å²) in [6, 6.07) is 2.03. The van der Waals surface area contributed by atoms with Gasteiger partial charge in [-0.15, -0.1) is 0 Å². The minimum absolute atomic E-state index is 0.0167. The molecule has 2 N–H and O–H groups in total. The van der Waals surface area contributed by atoms with Gasteiger partial charge in [-0.1, -0.05) is 5.16 Å². The fourth-order valence-corrected chi connectivity index (χ4v) is 1.82. The van der Waals surface area contributed by atoms with Crippen molar-refractivity contribution < 1.29 is 27.2 Å². The van der Waals surface area contributed by atoms with Crippen LogP contribution in [-0.2, 0) is 12.7 Å². The Morgan fingerprint density at radius 2 is 1.95 bits per heavy atom. The molecular weight excluding hydrogens is 291 g/mol. The lowest BCUT2D eigenvalue weighted by molar-refractivity contribution is -0.137. The van der Waals surface area contributed by atoms with E-state index in [1.807, 2.05) is 0 Å². The van der Waals surface area contributed by atoms with Gasteiger partial charge < -0.3 is 19.7 Å². The van der Waals surface area contributed by atoms with E-state index in [0.29, 0.717) is 0 Å². The lowest BCUT2D eigenvalue weighted by atomic mass is 10.0. The lowest BCUT2D eigenvalue weighted by Gasteiger charge is -2.16. The predicted octanol–water partition coefficient (Wildman–Crippen LogP) is 2.23. The van der Waals surface area contributed by atoms with Gasteiger partial charge in [0, 0.05) is 0 Å². The van der Waals surface area contributed by atoms with E-state index in [1.54, 1.807) is 0 Å². The summed E-state index contributed by atoms with van der Waals surface area (Å²) in [4.78, 5) is 3.82. The van der Waals surface area contributed by atoms with E-state index in [4.69, 9.17) is 19.7 Å². The van der Waals surface area contributed by atoms with Crippen LogP contribution in [0.5, 0.6) is 11.5 Å². The highest BCUT2D eigenvalue weighted by molar-refractivity contribution is 5.73. The molecule has 2 aromatic rings. The Labute approximate surface area is 117 Å². The van der Waals surface area contributed by atoms with Crippen molar-refractivity contribution in [2.75, 3.05) is 14.2 Å². The first-order valence-corrected chi connectivity index (χ1v) is 5.77. The maximum absolute atomic E-state index is 13.2. The van der Waals surface area contributed by atoms with Gasteiger partial charge in [0.25, 0.3) is 0 Å². The molecule has 0 aliphatic rings. The van der Waals surface area contributed by atoms with Gasteiger partial charge in [-0.05, 0) is 12.1 Å². The van der Waals surface area contributed by atoms with Crippen molar-refractivity contribution in [2.24, 2.45) is 5.73 Å². The van der Waals surface area contributed by atoms with Crippen LogP contribution in [0, 0.1) is 0 Å². The summed E-state index contributed by atoms with van der Waals surface area (Å²) in [5.74, 6) is -0.252. The molecule has 0 aliphatic heterocycles. The summed E-state index contributed by atoms with van der Waals surface area (Å²) in [5, 5.41) is 3.51. The molecule has 21 heavy (non-hydrogen) atoms. The molecule has 0 bridgehead atoms. The molecule has 0 radical (unpaired) electrons. The first-order chi connectivity index (χ1) is 9.92. The second-order valence-corrected chi connectivity index (χ2v) is 3.94. The standard InChI is InChI=1S/C12H12F3N3O3/c1-19-7-4-3-6(12(13,14)15)9(10(7)20-2)11-17-8(5-16)21-18-11/h3-4H,5,16H2,1-2H3. The Morgan fingerprint density at radius 1 is 1.24 bits per heavy atom. The number of benzene rings is 1. The highest BCUT2D eigenvalue weighted by Gasteiger charge is 2.37. The Kier molecular flexibility index (Phi) is 4.03. The van der Waals surface area contributed by atoms with Crippen molar-refractivity contribution in [2.45, 2.75) is 12.7 Å². The van der Waals surface area contributed by atoms with Gasteiger partial charge in [0.2, 0.25) is 11.7 Å². The minimum Gasteiger partial charge on any atom is -0.493 e. The monoisotopic (exact) mass is 303 g/mol. The van der Waals surface area contributed by atoms with Gasteiger partial charge in [0.1, 0.15) is 0 Å². The quantitative estimate of drug-likeness (QED) is 0.932. The number of nitrogens with two attached hydrogens (primary N) is 1. The van der Waals surface area contributed by atoms with Crippen LogP contribution in [-0.4, -0.2) is 24.4 Å². The summed E-state index contributed by atoms with van der Waals surface area (Å²) in [7, 11) is 2.54. The summed E-state index contributed by atoms with van der Waals surface area (Å²) >= 11 is 0. The molecule has 0 unspecified atom stereocenters. The average Bonchev–Trinajstić information content (AvgIpc) is 2.93. The van der Waals surface area contributed by atoms with E-state index >= 15 is 0 Å². The molecule has 1 heterocycles. The smallest absolute Gasteiger partial charge is 0.417 e. The van der Waals surface area contributed by atoms with Gasteiger partial charge in [0.05, 0.1) is 31.9 Å². The fourth-order valence-electron chi connectivity index (χ4n) is 1.82. The number of hydrogen-bond donors (Lipinski definition) is 1. The lowest BCUT2D eigenvalue weighted by Crippen LogP contribution is -2.09. The number of alkyl halides is 3. The van der Waals surface area contributed by atoms with Crippen LogP contribution in [0.2, 0.25) is 0 Å². The topological polar surface area (TPSA) is 83.4 Å². The maximum Gasteiger partial charge on any atom is 0.417 e. The minimum atomic E-state index is -4.61. The molecule has 0 aliphatic carbocycles. The molecule has 114 valence electrons. The summed E-state index contributed by atoms with van der Waals surface area (Å²) in [6.07, 6.45) is -4.61. The third-order valence-corrected chi connectivity index (χ3v) is 2.72. The zero-order chi connectivity index (χ0) is 15.6. The molecule has 2 rings (SSSR count). The second kappa shape index (κ2) is 5.60. The van der Waals surface area contributed by atoms with Crippen molar-refractivity contribution in [1.29, 1.82) is 0 Å². The molecule has 6 nitrogen and oxygen atoms in total. The van der Waals surface area contributed by atoms with Crippen molar-refractivity contribution >= 4 is 0 Å². The van der Waals surface area contributed by atoms with Crippen molar-refractivity contribution in [3.63, 3.8) is 0 Å². The number of nitrogens with zero attached hydrogens (tertiary/aromatic N) is 2. The van der Waals surface area contributed by atoms with E-state index < -0.39 is 11.7 Å². The number of halogens is 3. The van der Waals surface area contributed by atoms with E-state index in [1.165, 1.54) is 14.2 Å². The molecule has 0 saturated heterocycles. The van der Waals surface area contributed by atoms with Crippen molar-refractivity contribution in [1.82, 2.24) is 10.1 Å². The summed E-state index contributed by atoms with van der Waals surface area (Å²) in [5.41, 5.74) is 4.01. The summed E-state index contributed by atoms with van der Waals surface area (Å²) < 4.78 is 54.3. The zero-order valence-corrected chi connectivity index (χ0v) is 11.2. The molecule has 1 aromatic heterocycles. The molecular formula is C12H12F3N3O3. The molecule has 1 aromatic carbocycles. The van der Waals surface area contributed by atoms with Gasteiger partial charge >= 0.3 is 6.18 Å². The first-order valence-electron chi connectivity index (χ1n) is 5.77. The molecule has 0 saturated carbocycles. The van der Waals surface area contributed by atoms with Crippen LogP contribution in [0.25, 0.3) is 11.4 Å². The van der Waals surface area contributed by atoms with Crippen molar-refractivity contribution in [3.05, 3.63) is 23.6 Å². The Hall–Kier alpha value is -2.29. The molecule has 0 amide bonds. The van der Waals surface area contributed by atoms with Crippen molar-refractivity contribution in [3.8, 4) is 22.9 Å². The van der Waals surface area contributed by atoms with Crippen LogP contribution in [0.3, 0.4) is 0 Å². The maximum atomic E-state index is 13.2. The number of rotatable bonds is 4. The van der Waals surface area contributed by atoms with Crippen LogP contribution >= 0.6 is 0 Å². The second-order valence-electron chi connectivity index (χ2n) is 3.94. The third kappa shape index (κ3) is 2.77. The van der Waals surface area contributed by atoms with E-state index in [2.05, 4.69) is 10.1 Å². The van der Waals surface area contributed by atoms with E-state index in [9.17, 15) is 13.2 Å². The average molecular weight is 303 g/mol. The van der Waals surface area contributed by atoms with Crippen LogP contribution in [0.4, 0.5) is 13.2 Å². The Balaban J connectivity index is 2.74. The van der Waals surface area contributed by atoms with E-state index in [-0.39, 0.29) is 35.3 Å². The number of methoxy groups -OCH3 is 2. The molecule has 0 spiro atoms. The fraction of sp³-hybridized carbons (Fsp3) is 0.333. The molecule has 0 atom stereocenters. The van der Waals surface area contributed by atoms with Gasteiger partial charge in [-0.2, -0.15) is 18.2 Å². The molecule has 9 heteroatoms. The highest BCUT2D eigenvalue weighted by atomic mass is 19.4. The Morgan fingerprint density at radius 3 is 2.43 bits per heavy atom. The first kappa shape index (κ1) is 15.1. The third-order valence-electron chi connectivity index (χ3n) is 2.72. The van der Waals surface area contributed by atoms with Crippen LogP contribution < -0.4 is 15.2 Å². The summed E-state index contributed by atoms with van der Waals surface area (Å²) in [6.45, 7) is -0.0827. The predicted molar refractivity (Wildman–Crippen MR) is 65.7 cm³/mol. The van der Waals surface area contributed by atoms with Crippen LogP contribution in [0.15, 0.2) is 16.7 Å². The van der Waals surface area contributed by atoms with Crippen LogP contribution in [0.1, 0.15) is 11.5 Å².